The molecule has 1 atom stereocenters. The maximum atomic E-state index is 12.5. The number of anilines is 1. The molecule has 1 unspecified atom stereocenters. The van der Waals surface area contributed by atoms with Crippen molar-refractivity contribution in [2.75, 3.05) is 16.9 Å². The van der Waals surface area contributed by atoms with E-state index >= 15 is 0 Å². The van der Waals surface area contributed by atoms with Gasteiger partial charge in [-0.05, 0) is 18.2 Å². The fourth-order valence-corrected chi connectivity index (χ4v) is 2.51. The highest BCUT2D eigenvalue weighted by Gasteiger charge is 2.30. The molecule has 0 bridgehead atoms. The first kappa shape index (κ1) is 16.1. The lowest BCUT2D eigenvalue weighted by molar-refractivity contribution is -0.137. The van der Waals surface area contributed by atoms with Crippen LogP contribution in [0.3, 0.4) is 0 Å². The van der Waals surface area contributed by atoms with Crippen molar-refractivity contribution in [3.8, 4) is 0 Å². The standard InChI is InChI=1S/C11H11F3N2OS.ClH/c12-11(13,14)7-2-1-3-8(4-7)16-10(17)9-5-18-6-15-9;/h1-4,9,15H,5-6H2,(H,16,17);1H. The minimum atomic E-state index is -4.40. The van der Waals surface area contributed by atoms with Crippen molar-refractivity contribution >= 4 is 35.8 Å². The van der Waals surface area contributed by atoms with Crippen LogP contribution in [0.1, 0.15) is 5.56 Å². The number of alkyl halides is 3. The summed E-state index contributed by atoms with van der Waals surface area (Å²) in [5.74, 6) is 1.00. The highest BCUT2D eigenvalue weighted by molar-refractivity contribution is 7.99. The lowest BCUT2D eigenvalue weighted by Crippen LogP contribution is -2.37. The third-order valence-electron chi connectivity index (χ3n) is 2.49. The number of thioether (sulfide) groups is 1. The van der Waals surface area contributed by atoms with Crippen molar-refractivity contribution in [1.29, 1.82) is 0 Å². The minimum absolute atomic E-state index is 0. The van der Waals surface area contributed by atoms with Crippen molar-refractivity contribution in [2.45, 2.75) is 12.2 Å². The van der Waals surface area contributed by atoms with Crippen LogP contribution in [0.4, 0.5) is 18.9 Å². The van der Waals surface area contributed by atoms with E-state index < -0.39 is 11.7 Å². The molecule has 0 radical (unpaired) electrons. The molecule has 1 amide bonds. The van der Waals surface area contributed by atoms with Gasteiger partial charge in [0.05, 0.1) is 11.6 Å². The average Bonchev–Trinajstić information content (AvgIpc) is 2.81. The summed E-state index contributed by atoms with van der Waals surface area (Å²) in [5.41, 5.74) is -0.609. The molecule has 2 N–H and O–H groups in total. The van der Waals surface area contributed by atoms with Crippen LogP contribution in [0.15, 0.2) is 24.3 Å². The summed E-state index contributed by atoms with van der Waals surface area (Å²) in [4.78, 5) is 11.7. The SMILES string of the molecule is Cl.O=C(Nc1cccc(C(F)(F)F)c1)C1CSCN1. The molecule has 0 aliphatic carbocycles. The normalized spacial score (nSPS) is 18.8. The second kappa shape index (κ2) is 6.49. The number of amides is 1. The van der Waals surface area contributed by atoms with Crippen LogP contribution in [0.2, 0.25) is 0 Å². The fourth-order valence-electron chi connectivity index (χ4n) is 1.57. The van der Waals surface area contributed by atoms with Gasteiger partial charge in [-0.15, -0.1) is 24.2 Å². The summed E-state index contributed by atoms with van der Waals surface area (Å²) < 4.78 is 37.4. The molecule has 3 nitrogen and oxygen atoms in total. The van der Waals surface area contributed by atoms with E-state index in [9.17, 15) is 18.0 Å². The van der Waals surface area contributed by atoms with Crippen LogP contribution in [-0.4, -0.2) is 23.6 Å². The molecule has 1 heterocycles. The molecule has 1 fully saturated rings. The molecule has 1 aromatic rings. The first-order valence-corrected chi connectivity index (χ1v) is 6.41. The largest absolute Gasteiger partial charge is 0.416 e. The molecule has 0 aromatic heterocycles. The zero-order valence-electron chi connectivity index (χ0n) is 9.66. The van der Waals surface area contributed by atoms with E-state index in [1.54, 1.807) is 11.8 Å². The van der Waals surface area contributed by atoms with Crippen LogP contribution >= 0.6 is 24.2 Å². The number of carbonyl (C=O) groups excluding carboxylic acids is 1. The molecule has 19 heavy (non-hydrogen) atoms. The van der Waals surface area contributed by atoms with E-state index in [-0.39, 0.29) is 30.0 Å². The molecule has 1 aromatic carbocycles. The van der Waals surface area contributed by atoms with Gasteiger partial charge in [-0.3, -0.25) is 10.1 Å². The van der Waals surface area contributed by atoms with Gasteiger partial charge in [0.1, 0.15) is 0 Å². The number of rotatable bonds is 2. The molecule has 8 heteroatoms. The van der Waals surface area contributed by atoms with Gasteiger partial charge in [0.2, 0.25) is 5.91 Å². The highest BCUT2D eigenvalue weighted by atomic mass is 35.5. The third-order valence-corrected chi connectivity index (χ3v) is 3.43. The fraction of sp³-hybridized carbons (Fsp3) is 0.364. The van der Waals surface area contributed by atoms with Gasteiger partial charge < -0.3 is 5.32 Å². The van der Waals surface area contributed by atoms with Crippen molar-refractivity contribution in [3.05, 3.63) is 29.8 Å². The van der Waals surface area contributed by atoms with Gasteiger partial charge in [0.25, 0.3) is 0 Å². The molecule has 1 aliphatic heterocycles. The summed E-state index contributed by atoms with van der Waals surface area (Å²) in [7, 11) is 0. The third kappa shape index (κ3) is 4.29. The van der Waals surface area contributed by atoms with Gasteiger partial charge in [0, 0.05) is 17.3 Å². The van der Waals surface area contributed by atoms with Gasteiger partial charge in [-0.2, -0.15) is 13.2 Å². The quantitative estimate of drug-likeness (QED) is 0.882. The van der Waals surface area contributed by atoms with Crippen molar-refractivity contribution in [3.63, 3.8) is 0 Å². The zero-order valence-corrected chi connectivity index (χ0v) is 11.3. The summed E-state index contributed by atoms with van der Waals surface area (Å²) in [5, 5.41) is 5.43. The summed E-state index contributed by atoms with van der Waals surface area (Å²) in [6, 6.07) is 4.27. The van der Waals surface area contributed by atoms with E-state index in [1.165, 1.54) is 12.1 Å². The van der Waals surface area contributed by atoms with Crippen molar-refractivity contribution in [2.24, 2.45) is 0 Å². The number of benzene rings is 1. The molecule has 1 saturated heterocycles. The number of halogens is 4. The van der Waals surface area contributed by atoms with Crippen molar-refractivity contribution < 1.29 is 18.0 Å². The van der Waals surface area contributed by atoms with Gasteiger partial charge in [0.15, 0.2) is 0 Å². The Hall–Kier alpha value is -0.920. The molecular formula is C11H12ClF3N2OS. The second-order valence-corrected chi connectivity index (χ2v) is 4.87. The lowest BCUT2D eigenvalue weighted by atomic mass is 10.2. The van der Waals surface area contributed by atoms with Gasteiger partial charge in [-0.1, -0.05) is 6.07 Å². The summed E-state index contributed by atoms with van der Waals surface area (Å²) >= 11 is 1.58. The molecule has 1 aliphatic rings. The first-order valence-electron chi connectivity index (χ1n) is 5.26. The number of nitrogens with one attached hydrogen (secondary N) is 2. The monoisotopic (exact) mass is 312 g/mol. The molecule has 0 saturated carbocycles. The Morgan fingerprint density at radius 2 is 2.16 bits per heavy atom. The Kier molecular flexibility index (Phi) is 5.51. The van der Waals surface area contributed by atoms with Crippen molar-refractivity contribution in [1.82, 2.24) is 5.32 Å². The van der Waals surface area contributed by atoms with E-state index in [4.69, 9.17) is 0 Å². The number of hydrogen-bond donors (Lipinski definition) is 2. The van der Waals surface area contributed by atoms with Crippen LogP contribution in [0.5, 0.6) is 0 Å². The van der Waals surface area contributed by atoms with Crippen LogP contribution < -0.4 is 10.6 Å². The summed E-state index contributed by atoms with van der Waals surface area (Å²) in [6.45, 7) is 0. The average molecular weight is 313 g/mol. The predicted molar refractivity (Wildman–Crippen MR) is 71.6 cm³/mol. The van der Waals surface area contributed by atoms with Crippen LogP contribution in [0.25, 0.3) is 0 Å². The predicted octanol–water partition coefficient (Wildman–Crippen LogP) is 2.73. The molecule has 0 spiro atoms. The Morgan fingerprint density at radius 1 is 1.42 bits per heavy atom. The Balaban J connectivity index is 0.00000180. The van der Waals surface area contributed by atoms with Gasteiger partial charge >= 0.3 is 6.18 Å². The topological polar surface area (TPSA) is 41.1 Å². The number of hydrogen-bond acceptors (Lipinski definition) is 3. The second-order valence-electron chi connectivity index (χ2n) is 3.84. The summed E-state index contributed by atoms with van der Waals surface area (Å²) in [6.07, 6.45) is -4.40. The van der Waals surface area contributed by atoms with E-state index in [1.807, 2.05) is 0 Å². The minimum Gasteiger partial charge on any atom is -0.325 e. The smallest absolute Gasteiger partial charge is 0.325 e. The van der Waals surface area contributed by atoms with Crippen LogP contribution in [-0.2, 0) is 11.0 Å². The Labute approximate surface area is 118 Å². The van der Waals surface area contributed by atoms with E-state index in [0.717, 1.165) is 12.1 Å². The number of carbonyl (C=O) groups is 1. The van der Waals surface area contributed by atoms with Crippen LogP contribution in [0, 0.1) is 0 Å². The first-order chi connectivity index (χ1) is 8.47. The Morgan fingerprint density at radius 3 is 2.74 bits per heavy atom. The maximum absolute atomic E-state index is 12.5. The highest BCUT2D eigenvalue weighted by Crippen LogP contribution is 2.30. The zero-order chi connectivity index (χ0) is 13.2. The maximum Gasteiger partial charge on any atom is 0.416 e. The molecular weight excluding hydrogens is 301 g/mol. The van der Waals surface area contributed by atoms with E-state index in [0.29, 0.717) is 11.6 Å². The lowest BCUT2D eigenvalue weighted by Gasteiger charge is -2.12. The van der Waals surface area contributed by atoms with E-state index in [2.05, 4.69) is 10.6 Å². The Bertz CT molecular complexity index is 450. The van der Waals surface area contributed by atoms with Gasteiger partial charge in [-0.25, -0.2) is 0 Å². The molecule has 2 rings (SSSR count). The molecule has 106 valence electrons.